The number of rotatable bonds is 4. The largest absolute Gasteiger partial charge is 0.481 e. The number of halogens is 1. The molecule has 1 aromatic carbocycles. The van der Waals surface area contributed by atoms with Gasteiger partial charge in [-0.15, -0.1) is 17.3 Å². The Labute approximate surface area is 142 Å². The second-order valence-corrected chi connectivity index (χ2v) is 7.65. The number of benzene rings is 1. The van der Waals surface area contributed by atoms with Crippen molar-refractivity contribution >= 4 is 43.4 Å². The Kier molecular flexibility index (Phi) is 5.09. The molecule has 0 aliphatic rings. The molecule has 2 rings (SSSR count). The Bertz CT molecular complexity index is 758. The quantitative estimate of drug-likeness (QED) is 0.821. The molecule has 0 aliphatic carbocycles. The highest BCUT2D eigenvalue weighted by molar-refractivity contribution is 9.11. The number of nitrogens with zero attached hydrogens (tertiary/aromatic N) is 1. The van der Waals surface area contributed by atoms with Gasteiger partial charge in [-0.1, -0.05) is 5.92 Å². The number of carbonyl (C=O) groups excluding carboxylic acids is 1. The van der Waals surface area contributed by atoms with Crippen LogP contribution in [0.4, 0.5) is 0 Å². The number of thiazole rings is 1. The van der Waals surface area contributed by atoms with Crippen LogP contribution in [0.1, 0.15) is 27.7 Å². The van der Waals surface area contributed by atoms with Gasteiger partial charge in [-0.25, -0.2) is 4.98 Å². The van der Waals surface area contributed by atoms with Gasteiger partial charge in [0.25, 0.3) is 5.91 Å². The maximum atomic E-state index is 12.2. The highest BCUT2D eigenvalue weighted by Gasteiger charge is 2.22. The van der Waals surface area contributed by atoms with Crippen LogP contribution in [0, 0.1) is 11.8 Å². The van der Waals surface area contributed by atoms with Gasteiger partial charge in [0.15, 0.2) is 10.0 Å². The fourth-order valence-corrected chi connectivity index (χ4v) is 3.39. The summed E-state index contributed by atoms with van der Waals surface area (Å²) >= 11 is 4.89. The third kappa shape index (κ3) is 4.21. The Balaban J connectivity index is 2.07. The molecule has 1 amide bonds. The second kappa shape index (κ2) is 6.67. The number of hydrogen-bond donors (Lipinski definition) is 1. The summed E-state index contributed by atoms with van der Waals surface area (Å²) in [4.78, 5) is 16.5. The van der Waals surface area contributed by atoms with E-state index in [1.54, 1.807) is 13.8 Å². The van der Waals surface area contributed by atoms with Gasteiger partial charge in [0.05, 0.1) is 15.8 Å². The van der Waals surface area contributed by atoms with Gasteiger partial charge in [0, 0.05) is 0 Å². The molecule has 2 aromatic rings. The number of amides is 1. The molecule has 1 N–H and O–H groups in total. The average Bonchev–Trinajstić information content (AvgIpc) is 2.77. The first kappa shape index (κ1) is 16.8. The molecular formula is C16H17BrN2O2S. The lowest BCUT2D eigenvalue weighted by Gasteiger charge is -2.23. The van der Waals surface area contributed by atoms with E-state index in [-0.39, 0.29) is 5.91 Å². The van der Waals surface area contributed by atoms with Crippen LogP contribution in [-0.4, -0.2) is 22.5 Å². The number of nitrogens with one attached hydrogen (secondary N) is 1. The van der Waals surface area contributed by atoms with E-state index >= 15 is 0 Å². The van der Waals surface area contributed by atoms with Gasteiger partial charge >= 0.3 is 0 Å². The van der Waals surface area contributed by atoms with Crippen molar-refractivity contribution in [2.24, 2.45) is 0 Å². The van der Waals surface area contributed by atoms with E-state index in [2.05, 4.69) is 38.1 Å². The summed E-state index contributed by atoms with van der Waals surface area (Å²) in [6.45, 7) is 7.18. The smallest absolute Gasteiger partial charge is 0.261 e. The van der Waals surface area contributed by atoms with Gasteiger partial charge < -0.3 is 10.1 Å². The zero-order valence-electron chi connectivity index (χ0n) is 12.9. The third-order valence-electron chi connectivity index (χ3n) is 2.89. The number of fused-ring (bicyclic) bond motifs is 1. The van der Waals surface area contributed by atoms with E-state index in [9.17, 15) is 4.79 Å². The minimum absolute atomic E-state index is 0.196. The van der Waals surface area contributed by atoms with E-state index in [1.165, 1.54) is 11.3 Å². The minimum atomic E-state index is -0.605. The first-order chi connectivity index (χ1) is 10.3. The van der Waals surface area contributed by atoms with Gasteiger partial charge in [-0.2, -0.15) is 0 Å². The Morgan fingerprint density at radius 2 is 2.23 bits per heavy atom. The van der Waals surface area contributed by atoms with Gasteiger partial charge in [0.1, 0.15) is 5.75 Å². The summed E-state index contributed by atoms with van der Waals surface area (Å²) in [5, 5.41) is 2.86. The molecule has 0 saturated carbocycles. The highest BCUT2D eigenvalue weighted by Crippen LogP contribution is 2.29. The monoisotopic (exact) mass is 380 g/mol. The van der Waals surface area contributed by atoms with Crippen LogP contribution in [0.5, 0.6) is 5.75 Å². The molecule has 0 aliphatic heterocycles. The zero-order chi connectivity index (χ0) is 16.3. The van der Waals surface area contributed by atoms with Crippen molar-refractivity contribution in [1.82, 2.24) is 10.3 Å². The Morgan fingerprint density at radius 1 is 1.50 bits per heavy atom. The van der Waals surface area contributed by atoms with Crippen molar-refractivity contribution in [1.29, 1.82) is 0 Å². The standard InChI is InChI=1S/C16H17BrN2O2S/c1-5-8-16(3,4)19-14(20)10(2)21-11-6-7-12-13(9-11)22-15(17)18-12/h6-7,9-10H,1-4H3,(H,19,20). The molecule has 0 fully saturated rings. The summed E-state index contributed by atoms with van der Waals surface area (Å²) < 4.78 is 7.55. The second-order valence-electron chi connectivity index (χ2n) is 5.35. The predicted molar refractivity (Wildman–Crippen MR) is 93.1 cm³/mol. The summed E-state index contributed by atoms with van der Waals surface area (Å²) in [7, 11) is 0. The van der Waals surface area contributed by atoms with Crippen LogP contribution in [-0.2, 0) is 4.79 Å². The SMILES string of the molecule is CC#CC(C)(C)NC(=O)C(C)Oc1ccc2nc(Br)sc2c1. The Morgan fingerprint density at radius 3 is 2.91 bits per heavy atom. The lowest BCUT2D eigenvalue weighted by atomic mass is 10.1. The lowest BCUT2D eigenvalue weighted by Crippen LogP contribution is -2.47. The van der Waals surface area contributed by atoms with E-state index in [0.29, 0.717) is 5.75 Å². The van der Waals surface area contributed by atoms with Crippen LogP contribution in [0.25, 0.3) is 10.2 Å². The van der Waals surface area contributed by atoms with Crippen LogP contribution in [0.3, 0.4) is 0 Å². The predicted octanol–water partition coefficient (Wildman–Crippen LogP) is 3.74. The summed E-state index contributed by atoms with van der Waals surface area (Å²) in [6, 6.07) is 5.58. The number of carbonyl (C=O) groups is 1. The molecule has 1 aromatic heterocycles. The summed E-state index contributed by atoms with van der Waals surface area (Å²) in [5.74, 6) is 6.21. The number of ether oxygens (including phenoxy) is 1. The molecule has 0 saturated heterocycles. The van der Waals surface area contributed by atoms with Crippen molar-refractivity contribution in [3.05, 3.63) is 22.1 Å². The molecule has 0 bridgehead atoms. The molecule has 1 heterocycles. The van der Waals surface area contributed by atoms with Gasteiger partial charge in [-0.05, 0) is 61.8 Å². The van der Waals surface area contributed by atoms with Crippen molar-refractivity contribution in [3.8, 4) is 17.6 Å². The lowest BCUT2D eigenvalue weighted by molar-refractivity contribution is -0.128. The highest BCUT2D eigenvalue weighted by atomic mass is 79.9. The molecule has 0 spiro atoms. The summed E-state index contributed by atoms with van der Waals surface area (Å²) in [5.41, 5.74) is 0.330. The van der Waals surface area contributed by atoms with Crippen LogP contribution in [0.2, 0.25) is 0 Å². The zero-order valence-corrected chi connectivity index (χ0v) is 15.3. The van der Waals surface area contributed by atoms with Gasteiger partial charge in [-0.3, -0.25) is 4.79 Å². The normalized spacial score (nSPS) is 12.4. The fraction of sp³-hybridized carbons (Fsp3) is 0.375. The molecule has 1 unspecified atom stereocenters. The van der Waals surface area contributed by atoms with E-state index in [1.807, 2.05) is 32.0 Å². The number of hydrogen-bond acceptors (Lipinski definition) is 4. The van der Waals surface area contributed by atoms with Crippen LogP contribution in [0.15, 0.2) is 22.1 Å². The third-order valence-corrected chi connectivity index (χ3v) is 4.36. The molecule has 22 heavy (non-hydrogen) atoms. The van der Waals surface area contributed by atoms with E-state index in [0.717, 1.165) is 14.1 Å². The van der Waals surface area contributed by atoms with Crippen molar-refractivity contribution in [3.63, 3.8) is 0 Å². The maximum Gasteiger partial charge on any atom is 0.261 e. The molecular weight excluding hydrogens is 364 g/mol. The molecule has 116 valence electrons. The summed E-state index contributed by atoms with van der Waals surface area (Å²) in [6.07, 6.45) is -0.605. The maximum absolute atomic E-state index is 12.2. The first-order valence-corrected chi connectivity index (χ1v) is 8.40. The van der Waals surface area contributed by atoms with Crippen LogP contribution >= 0.6 is 27.3 Å². The molecule has 1 atom stereocenters. The van der Waals surface area contributed by atoms with Crippen molar-refractivity contribution in [2.75, 3.05) is 0 Å². The van der Waals surface area contributed by atoms with Crippen molar-refractivity contribution < 1.29 is 9.53 Å². The number of aromatic nitrogens is 1. The topological polar surface area (TPSA) is 51.2 Å². The molecule has 6 heteroatoms. The molecule has 0 radical (unpaired) electrons. The van der Waals surface area contributed by atoms with Crippen LogP contribution < -0.4 is 10.1 Å². The average molecular weight is 381 g/mol. The Hall–Kier alpha value is -1.58. The molecule has 4 nitrogen and oxygen atoms in total. The first-order valence-electron chi connectivity index (χ1n) is 6.79. The minimum Gasteiger partial charge on any atom is -0.481 e. The van der Waals surface area contributed by atoms with E-state index in [4.69, 9.17) is 4.74 Å². The van der Waals surface area contributed by atoms with Crippen molar-refractivity contribution in [2.45, 2.75) is 39.3 Å². The van der Waals surface area contributed by atoms with Gasteiger partial charge in [0.2, 0.25) is 0 Å². The fourth-order valence-electron chi connectivity index (χ4n) is 1.96. The van der Waals surface area contributed by atoms with E-state index < -0.39 is 11.6 Å².